The van der Waals surface area contributed by atoms with Crippen molar-refractivity contribution in [2.75, 3.05) is 6.61 Å². The van der Waals surface area contributed by atoms with E-state index < -0.39 is 0 Å². The summed E-state index contributed by atoms with van der Waals surface area (Å²) >= 11 is 0. The molecule has 0 aliphatic heterocycles. The van der Waals surface area contributed by atoms with Crippen molar-refractivity contribution < 1.29 is 19.1 Å². The smallest absolute Gasteiger partial charge is 0.306 e. The third kappa shape index (κ3) is 21.5. The Kier molecular flexibility index (Phi) is 20.9. The molecule has 4 heteroatoms. The average molecular weight is 413 g/mol. The molecule has 0 rings (SSSR count). The van der Waals surface area contributed by atoms with Crippen LogP contribution in [0.15, 0.2) is 0 Å². The fourth-order valence-corrected chi connectivity index (χ4v) is 3.49. The number of hydrogen-bond donors (Lipinski definition) is 0. The first kappa shape index (κ1) is 27.9. The van der Waals surface area contributed by atoms with Crippen LogP contribution in [-0.2, 0) is 19.1 Å². The molecule has 0 heterocycles. The summed E-state index contributed by atoms with van der Waals surface area (Å²) in [5, 5.41) is 0. The molecule has 0 saturated carbocycles. The van der Waals surface area contributed by atoms with Crippen LogP contribution in [0.2, 0.25) is 0 Å². The first-order valence-electron chi connectivity index (χ1n) is 12.4. The second kappa shape index (κ2) is 21.6. The summed E-state index contributed by atoms with van der Waals surface area (Å²) in [6.07, 6.45) is 19.6. The molecular formula is C25H48O4. The van der Waals surface area contributed by atoms with Gasteiger partial charge >= 0.3 is 11.9 Å². The molecular weight excluding hydrogens is 364 g/mol. The molecule has 0 saturated heterocycles. The van der Waals surface area contributed by atoms with Crippen LogP contribution in [0.1, 0.15) is 136 Å². The Hall–Kier alpha value is -1.06. The second-order valence-electron chi connectivity index (χ2n) is 8.41. The van der Waals surface area contributed by atoms with Gasteiger partial charge in [0.15, 0.2) is 0 Å². The number of esters is 2. The van der Waals surface area contributed by atoms with Crippen LogP contribution >= 0.6 is 0 Å². The summed E-state index contributed by atoms with van der Waals surface area (Å²) in [5.74, 6) is -0.221. The van der Waals surface area contributed by atoms with E-state index in [-0.39, 0.29) is 18.0 Å². The number of carbonyl (C=O) groups excluding carboxylic acids is 2. The van der Waals surface area contributed by atoms with E-state index in [9.17, 15) is 9.59 Å². The maximum Gasteiger partial charge on any atom is 0.306 e. The van der Waals surface area contributed by atoms with Crippen LogP contribution in [0.3, 0.4) is 0 Å². The lowest BCUT2D eigenvalue weighted by Crippen LogP contribution is -2.14. The van der Waals surface area contributed by atoms with Gasteiger partial charge in [0.2, 0.25) is 0 Å². The molecule has 0 N–H and O–H groups in total. The van der Waals surface area contributed by atoms with Crippen LogP contribution in [0, 0.1) is 0 Å². The Morgan fingerprint density at radius 2 is 1.10 bits per heavy atom. The SMILES string of the molecule is CCCCCCCCCCCCCOC(=O)CCCCCC(=O)OC(C)CCC. The number of carbonyl (C=O) groups is 2. The highest BCUT2D eigenvalue weighted by Gasteiger charge is 2.09. The minimum atomic E-state index is -0.120. The molecule has 1 atom stereocenters. The minimum absolute atomic E-state index is 0.0121. The normalized spacial score (nSPS) is 12.0. The van der Waals surface area contributed by atoms with E-state index in [1.807, 2.05) is 6.92 Å². The highest BCUT2D eigenvalue weighted by atomic mass is 16.5. The van der Waals surface area contributed by atoms with E-state index in [0.29, 0.717) is 19.4 Å². The Balaban J connectivity index is 3.31. The quantitative estimate of drug-likeness (QED) is 0.144. The maximum atomic E-state index is 11.7. The van der Waals surface area contributed by atoms with Gasteiger partial charge in [-0.15, -0.1) is 0 Å². The number of hydrogen-bond acceptors (Lipinski definition) is 4. The van der Waals surface area contributed by atoms with Crippen LogP contribution in [-0.4, -0.2) is 24.6 Å². The molecule has 0 amide bonds. The van der Waals surface area contributed by atoms with Crippen molar-refractivity contribution in [3.8, 4) is 0 Å². The van der Waals surface area contributed by atoms with E-state index in [2.05, 4.69) is 13.8 Å². The molecule has 0 aromatic rings. The number of ether oxygens (including phenoxy) is 2. The largest absolute Gasteiger partial charge is 0.466 e. The van der Waals surface area contributed by atoms with Gasteiger partial charge in [-0.3, -0.25) is 9.59 Å². The molecule has 0 aromatic carbocycles. The predicted molar refractivity (Wildman–Crippen MR) is 121 cm³/mol. The van der Waals surface area contributed by atoms with Gasteiger partial charge in [0.25, 0.3) is 0 Å². The molecule has 0 aromatic heterocycles. The summed E-state index contributed by atoms with van der Waals surface area (Å²) in [5.41, 5.74) is 0. The maximum absolute atomic E-state index is 11.7. The molecule has 0 aliphatic rings. The average Bonchev–Trinajstić information content (AvgIpc) is 2.68. The molecule has 0 fully saturated rings. The Morgan fingerprint density at radius 3 is 1.66 bits per heavy atom. The van der Waals surface area contributed by atoms with Gasteiger partial charge in [-0.2, -0.15) is 0 Å². The van der Waals surface area contributed by atoms with Gasteiger partial charge in [-0.05, 0) is 32.6 Å². The summed E-state index contributed by atoms with van der Waals surface area (Å²) in [6.45, 7) is 6.83. The standard InChI is InChI=1S/C25H48O4/c1-4-6-7-8-9-10-11-12-13-14-18-22-28-24(26)20-16-15-17-21-25(27)29-23(3)19-5-2/h23H,4-22H2,1-3H3. The third-order valence-electron chi connectivity index (χ3n) is 5.30. The van der Waals surface area contributed by atoms with Crippen molar-refractivity contribution in [1.29, 1.82) is 0 Å². The van der Waals surface area contributed by atoms with E-state index >= 15 is 0 Å². The lowest BCUT2D eigenvalue weighted by Gasteiger charge is -2.11. The zero-order valence-electron chi connectivity index (χ0n) is 19.6. The van der Waals surface area contributed by atoms with Gasteiger partial charge < -0.3 is 9.47 Å². The molecule has 0 spiro atoms. The Morgan fingerprint density at radius 1 is 0.621 bits per heavy atom. The van der Waals surface area contributed by atoms with E-state index in [4.69, 9.17) is 9.47 Å². The molecule has 0 aliphatic carbocycles. The topological polar surface area (TPSA) is 52.6 Å². The van der Waals surface area contributed by atoms with E-state index in [1.54, 1.807) is 0 Å². The van der Waals surface area contributed by atoms with Crippen molar-refractivity contribution in [3.63, 3.8) is 0 Å². The van der Waals surface area contributed by atoms with Crippen LogP contribution in [0.5, 0.6) is 0 Å². The van der Waals surface area contributed by atoms with E-state index in [1.165, 1.54) is 57.8 Å². The van der Waals surface area contributed by atoms with Crippen molar-refractivity contribution in [3.05, 3.63) is 0 Å². The summed E-state index contributed by atoms with van der Waals surface area (Å²) in [4.78, 5) is 23.4. The van der Waals surface area contributed by atoms with Crippen LogP contribution < -0.4 is 0 Å². The highest BCUT2D eigenvalue weighted by molar-refractivity contribution is 5.70. The second-order valence-corrected chi connectivity index (χ2v) is 8.41. The first-order chi connectivity index (χ1) is 14.1. The summed E-state index contributed by atoms with van der Waals surface area (Å²) in [6, 6.07) is 0. The fourth-order valence-electron chi connectivity index (χ4n) is 3.49. The summed E-state index contributed by atoms with van der Waals surface area (Å²) in [7, 11) is 0. The van der Waals surface area contributed by atoms with Gasteiger partial charge in [-0.25, -0.2) is 0 Å². The number of rotatable bonds is 21. The lowest BCUT2D eigenvalue weighted by molar-refractivity contribution is -0.148. The lowest BCUT2D eigenvalue weighted by atomic mass is 10.1. The van der Waals surface area contributed by atoms with Crippen LogP contribution in [0.4, 0.5) is 0 Å². The molecule has 0 bridgehead atoms. The molecule has 1 unspecified atom stereocenters. The van der Waals surface area contributed by atoms with Gasteiger partial charge in [0.1, 0.15) is 0 Å². The van der Waals surface area contributed by atoms with Crippen molar-refractivity contribution in [1.82, 2.24) is 0 Å². The minimum Gasteiger partial charge on any atom is -0.466 e. The van der Waals surface area contributed by atoms with Gasteiger partial charge in [-0.1, -0.05) is 90.9 Å². The third-order valence-corrected chi connectivity index (χ3v) is 5.30. The fraction of sp³-hybridized carbons (Fsp3) is 0.920. The van der Waals surface area contributed by atoms with Crippen molar-refractivity contribution in [2.24, 2.45) is 0 Å². The zero-order valence-corrected chi connectivity index (χ0v) is 19.6. The molecule has 29 heavy (non-hydrogen) atoms. The molecule has 172 valence electrons. The van der Waals surface area contributed by atoms with Crippen molar-refractivity contribution >= 4 is 11.9 Å². The van der Waals surface area contributed by atoms with Crippen molar-refractivity contribution in [2.45, 2.75) is 142 Å². The first-order valence-corrected chi connectivity index (χ1v) is 12.4. The zero-order chi connectivity index (χ0) is 21.6. The van der Waals surface area contributed by atoms with E-state index in [0.717, 1.165) is 44.9 Å². The number of unbranched alkanes of at least 4 members (excludes halogenated alkanes) is 12. The summed E-state index contributed by atoms with van der Waals surface area (Å²) < 4.78 is 10.6. The van der Waals surface area contributed by atoms with Crippen LogP contribution in [0.25, 0.3) is 0 Å². The predicted octanol–water partition coefficient (Wildman–Crippen LogP) is 7.52. The molecule has 4 nitrogen and oxygen atoms in total. The molecule has 0 radical (unpaired) electrons. The Labute approximate surface area is 180 Å². The Bertz CT molecular complexity index is 381. The van der Waals surface area contributed by atoms with Gasteiger partial charge in [0, 0.05) is 12.8 Å². The highest BCUT2D eigenvalue weighted by Crippen LogP contribution is 2.12. The monoisotopic (exact) mass is 412 g/mol. The van der Waals surface area contributed by atoms with Gasteiger partial charge in [0.05, 0.1) is 12.7 Å².